The van der Waals surface area contributed by atoms with Gasteiger partial charge in [0.15, 0.2) is 0 Å². The first kappa shape index (κ1) is 8.97. The molecular weight excluding hydrogens is 170 g/mol. The molecule has 1 N–H and O–H groups in total. The first-order valence-corrected chi connectivity index (χ1v) is 4.78. The summed E-state index contributed by atoms with van der Waals surface area (Å²) < 4.78 is 5.32. The van der Waals surface area contributed by atoms with Crippen molar-refractivity contribution in [2.24, 2.45) is 0 Å². The molecule has 1 unspecified atom stereocenters. The molecule has 74 valence electrons. The van der Waals surface area contributed by atoms with Crippen LogP contribution in [-0.4, -0.2) is 47.3 Å². The fraction of sp³-hybridized carbons (Fsp3) is 0.889. The Labute approximate surface area is 77.5 Å². The molecule has 2 heterocycles. The lowest BCUT2D eigenvalue weighted by Gasteiger charge is -2.36. The molecule has 0 aromatic heterocycles. The highest BCUT2D eigenvalue weighted by Gasteiger charge is 2.41. The maximum absolute atomic E-state index is 11.7. The highest BCUT2D eigenvalue weighted by Crippen LogP contribution is 2.28. The number of morpholine rings is 1. The lowest BCUT2D eigenvalue weighted by Crippen LogP contribution is -2.53. The quantitative estimate of drug-likeness (QED) is 0.613. The van der Waals surface area contributed by atoms with Crippen molar-refractivity contribution >= 4 is 5.91 Å². The van der Waals surface area contributed by atoms with Crippen LogP contribution in [0.2, 0.25) is 0 Å². The summed E-state index contributed by atoms with van der Waals surface area (Å²) in [6.45, 7) is 2.48. The summed E-state index contributed by atoms with van der Waals surface area (Å²) in [5.41, 5.74) is 0. The topological polar surface area (TPSA) is 49.8 Å². The summed E-state index contributed by atoms with van der Waals surface area (Å²) in [7, 11) is 0. The molecule has 0 spiro atoms. The molecular formula is C9H15NO3. The highest BCUT2D eigenvalue weighted by atomic mass is 16.5. The Balaban J connectivity index is 2.14. The van der Waals surface area contributed by atoms with E-state index in [-0.39, 0.29) is 30.7 Å². The summed E-state index contributed by atoms with van der Waals surface area (Å²) in [5, 5.41) is 9.07. The van der Waals surface area contributed by atoms with E-state index in [1.54, 1.807) is 6.92 Å². The van der Waals surface area contributed by atoms with Crippen molar-refractivity contribution in [3.8, 4) is 0 Å². The molecule has 3 atom stereocenters. The van der Waals surface area contributed by atoms with Crippen LogP contribution in [0.4, 0.5) is 0 Å². The zero-order valence-corrected chi connectivity index (χ0v) is 7.77. The molecule has 0 bridgehead atoms. The largest absolute Gasteiger partial charge is 0.394 e. The third kappa shape index (κ3) is 1.34. The maximum Gasteiger partial charge on any atom is 0.252 e. The van der Waals surface area contributed by atoms with Gasteiger partial charge in [-0.25, -0.2) is 0 Å². The van der Waals surface area contributed by atoms with Crippen LogP contribution in [0.3, 0.4) is 0 Å². The van der Waals surface area contributed by atoms with Crippen LogP contribution in [0.5, 0.6) is 0 Å². The molecule has 4 nitrogen and oxygen atoms in total. The summed E-state index contributed by atoms with van der Waals surface area (Å²) in [6, 6.07) is 0.240. The van der Waals surface area contributed by atoms with Gasteiger partial charge in [0.25, 0.3) is 5.91 Å². The average molecular weight is 185 g/mol. The van der Waals surface area contributed by atoms with Crippen LogP contribution in [0.25, 0.3) is 0 Å². The van der Waals surface area contributed by atoms with Gasteiger partial charge in [-0.1, -0.05) is 0 Å². The third-order valence-corrected chi connectivity index (χ3v) is 2.97. The van der Waals surface area contributed by atoms with Gasteiger partial charge in [-0.2, -0.15) is 0 Å². The first-order valence-electron chi connectivity index (χ1n) is 4.78. The van der Waals surface area contributed by atoms with E-state index in [2.05, 4.69) is 0 Å². The zero-order valence-electron chi connectivity index (χ0n) is 7.77. The molecule has 4 heteroatoms. The molecule has 0 aromatic carbocycles. The van der Waals surface area contributed by atoms with E-state index in [0.717, 1.165) is 12.8 Å². The Morgan fingerprint density at radius 3 is 3.08 bits per heavy atom. The molecule has 0 saturated carbocycles. The number of aliphatic hydroxyl groups is 1. The Morgan fingerprint density at radius 1 is 1.62 bits per heavy atom. The Kier molecular flexibility index (Phi) is 2.26. The molecule has 0 aliphatic carbocycles. The number of hydrogen-bond donors (Lipinski definition) is 1. The van der Waals surface area contributed by atoms with E-state index in [1.165, 1.54) is 0 Å². The minimum atomic E-state index is -0.330. The second-order valence-corrected chi connectivity index (χ2v) is 3.79. The number of aliphatic hydroxyl groups excluding tert-OH is 1. The summed E-state index contributed by atoms with van der Waals surface area (Å²) in [4.78, 5) is 13.5. The van der Waals surface area contributed by atoms with Crippen LogP contribution >= 0.6 is 0 Å². The highest BCUT2D eigenvalue weighted by molar-refractivity contribution is 5.82. The minimum absolute atomic E-state index is 0.0313. The zero-order chi connectivity index (χ0) is 9.42. The van der Waals surface area contributed by atoms with E-state index in [1.807, 2.05) is 4.90 Å². The fourth-order valence-electron chi connectivity index (χ4n) is 2.20. The molecule has 2 aliphatic heterocycles. The number of amides is 1. The number of nitrogens with zero attached hydrogens (tertiary/aromatic N) is 1. The molecule has 13 heavy (non-hydrogen) atoms. The number of ether oxygens (including phenoxy) is 1. The van der Waals surface area contributed by atoms with Crippen LogP contribution in [0.1, 0.15) is 19.8 Å². The summed E-state index contributed by atoms with van der Waals surface area (Å²) in [6.07, 6.45) is 1.54. The van der Waals surface area contributed by atoms with E-state index >= 15 is 0 Å². The molecule has 2 aliphatic rings. The summed E-state index contributed by atoms with van der Waals surface area (Å²) >= 11 is 0. The van der Waals surface area contributed by atoms with Gasteiger partial charge in [0.1, 0.15) is 6.10 Å². The van der Waals surface area contributed by atoms with E-state index in [9.17, 15) is 4.79 Å². The Bertz CT molecular complexity index is 213. The van der Waals surface area contributed by atoms with Gasteiger partial charge < -0.3 is 14.7 Å². The van der Waals surface area contributed by atoms with E-state index in [0.29, 0.717) is 6.61 Å². The normalized spacial score (nSPS) is 39.4. The number of hydrogen-bond acceptors (Lipinski definition) is 3. The van der Waals surface area contributed by atoms with Crippen molar-refractivity contribution in [3.63, 3.8) is 0 Å². The predicted molar refractivity (Wildman–Crippen MR) is 46.2 cm³/mol. The first-order chi connectivity index (χ1) is 6.24. The molecule has 2 fully saturated rings. The molecule has 2 rings (SSSR count). The molecule has 0 aromatic rings. The third-order valence-electron chi connectivity index (χ3n) is 2.97. The standard InChI is InChI=1S/C9H15NO3/c1-6-9(12)10-7(4-11)2-3-8(10)5-13-6/h6-8,11H,2-5H2,1H3/t6?,7-,8-/m0/s1. The Hall–Kier alpha value is -0.610. The average Bonchev–Trinajstić information content (AvgIpc) is 2.55. The van der Waals surface area contributed by atoms with Crippen LogP contribution in [-0.2, 0) is 9.53 Å². The van der Waals surface area contributed by atoms with Gasteiger partial charge in [-0.05, 0) is 19.8 Å². The lowest BCUT2D eigenvalue weighted by atomic mass is 10.2. The van der Waals surface area contributed by atoms with Crippen LogP contribution in [0.15, 0.2) is 0 Å². The van der Waals surface area contributed by atoms with Gasteiger partial charge in [0, 0.05) is 0 Å². The number of carbonyl (C=O) groups excluding carboxylic acids is 1. The SMILES string of the molecule is CC1OC[C@@H]2CC[C@@H](CO)N2C1=O. The number of rotatable bonds is 1. The van der Waals surface area contributed by atoms with Crippen molar-refractivity contribution in [1.29, 1.82) is 0 Å². The Morgan fingerprint density at radius 2 is 2.38 bits per heavy atom. The minimum Gasteiger partial charge on any atom is -0.394 e. The molecule has 1 amide bonds. The molecule has 0 radical (unpaired) electrons. The monoisotopic (exact) mass is 185 g/mol. The van der Waals surface area contributed by atoms with Gasteiger partial charge in [-0.15, -0.1) is 0 Å². The second kappa shape index (κ2) is 3.27. The van der Waals surface area contributed by atoms with Gasteiger partial charge >= 0.3 is 0 Å². The molecule has 2 saturated heterocycles. The van der Waals surface area contributed by atoms with Gasteiger partial charge in [-0.3, -0.25) is 4.79 Å². The van der Waals surface area contributed by atoms with E-state index in [4.69, 9.17) is 9.84 Å². The van der Waals surface area contributed by atoms with Crippen LogP contribution < -0.4 is 0 Å². The number of fused-ring (bicyclic) bond motifs is 1. The maximum atomic E-state index is 11.7. The van der Waals surface area contributed by atoms with Crippen molar-refractivity contribution < 1.29 is 14.6 Å². The predicted octanol–water partition coefficient (Wildman–Crippen LogP) is -0.243. The van der Waals surface area contributed by atoms with Crippen molar-refractivity contribution in [3.05, 3.63) is 0 Å². The van der Waals surface area contributed by atoms with E-state index < -0.39 is 0 Å². The summed E-state index contributed by atoms with van der Waals surface area (Å²) in [5.74, 6) is 0.0350. The van der Waals surface area contributed by atoms with Crippen molar-refractivity contribution in [1.82, 2.24) is 4.90 Å². The van der Waals surface area contributed by atoms with Crippen molar-refractivity contribution in [2.45, 2.75) is 38.0 Å². The van der Waals surface area contributed by atoms with Gasteiger partial charge in [0.05, 0.1) is 25.3 Å². The second-order valence-electron chi connectivity index (χ2n) is 3.79. The van der Waals surface area contributed by atoms with Crippen LogP contribution in [0, 0.1) is 0 Å². The lowest BCUT2D eigenvalue weighted by molar-refractivity contribution is -0.158. The van der Waals surface area contributed by atoms with Gasteiger partial charge in [0.2, 0.25) is 0 Å². The number of carbonyl (C=O) groups is 1. The fourth-order valence-corrected chi connectivity index (χ4v) is 2.20. The van der Waals surface area contributed by atoms with Crippen molar-refractivity contribution in [2.75, 3.05) is 13.2 Å². The smallest absolute Gasteiger partial charge is 0.252 e.